The number of nitrogens with zero attached hydrogens (tertiary/aromatic N) is 1. The molecule has 2 N–H and O–H groups in total. The first-order chi connectivity index (χ1) is 7.61. The largest absolute Gasteiger partial charge is 0.465 e. The van der Waals surface area contributed by atoms with Crippen LogP contribution in [0, 0.1) is 5.92 Å². The summed E-state index contributed by atoms with van der Waals surface area (Å²) < 4.78 is 4.68. The van der Waals surface area contributed by atoms with E-state index in [0.717, 1.165) is 17.5 Å². The quantitative estimate of drug-likeness (QED) is 0.817. The standard InChI is InChI=1S/C11H16N2O2S/c1-13(6-7-3-4-7)9-5-8(12)10(16-9)11(14)15-2/h5,7H,3-4,6,12H2,1-2H3. The Labute approximate surface area is 99.0 Å². The van der Waals surface area contributed by atoms with Crippen LogP contribution in [0.15, 0.2) is 6.07 Å². The summed E-state index contributed by atoms with van der Waals surface area (Å²) in [6.07, 6.45) is 2.63. The molecule has 16 heavy (non-hydrogen) atoms. The van der Waals surface area contributed by atoms with Crippen molar-refractivity contribution in [3.05, 3.63) is 10.9 Å². The zero-order chi connectivity index (χ0) is 11.7. The van der Waals surface area contributed by atoms with Gasteiger partial charge in [0.05, 0.1) is 17.8 Å². The second kappa shape index (κ2) is 4.33. The van der Waals surface area contributed by atoms with Gasteiger partial charge in [-0.2, -0.15) is 0 Å². The van der Waals surface area contributed by atoms with Crippen LogP contribution in [0.1, 0.15) is 22.5 Å². The number of methoxy groups -OCH3 is 1. The van der Waals surface area contributed by atoms with Crippen molar-refractivity contribution in [3.8, 4) is 0 Å². The summed E-state index contributed by atoms with van der Waals surface area (Å²) in [5.41, 5.74) is 6.29. The minimum absolute atomic E-state index is 0.353. The van der Waals surface area contributed by atoms with Crippen LogP contribution in [-0.4, -0.2) is 26.7 Å². The van der Waals surface area contributed by atoms with Crippen LogP contribution in [0.2, 0.25) is 0 Å². The summed E-state index contributed by atoms with van der Waals surface area (Å²) in [4.78, 5) is 14.1. The molecule has 1 fully saturated rings. The lowest BCUT2D eigenvalue weighted by Crippen LogP contribution is -2.18. The fraction of sp³-hybridized carbons (Fsp3) is 0.545. The maximum Gasteiger partial charge on any atom is 0.350 e. The summed E-state index contributed by atoms with van der Waals surface area (Å²) in [6.45, 7) is 1.04. The topological polar surface area (TPSA) is 55.6 Å². The molecule has 0 spiro atoms. The first-order valence-electron chi connectivity index (χ1n) is 5.30. The number of hydrogen-bond acceptors (Lipinski definition) is 5. The number of nitrogens with two attached hydrogens (primary N) is 1. The molecular formula is C11H16N2O2S. The summed E-state index contributed by atoms with van der Waals surface area (Å²) >= 11 is 1.40. The Morgan fingerprint density at radius 3 is 2.94 bits per heavy atom. The van der Waals surface area contributed by atoms with E-state index in [2.05, 4.69) is 9.64 Å². The maximum absolute atomic E-state index is 11.4. The number of hydrogen-bond donors (Lipinski definition) is 1. The summed E-state index contributed by atoms with van der Waals surface area (Å²) in [7, 11) is 3.40. The van der Waals surface area contributed by atoms with Gasteiger partial charge in [0.2, 0.25) is 0 Å². The van der Waals surface area contributed by atoms with Crippen molar-refractivity contribution in [3.63, 3.8) is 0 Å². The van der Waals surface area contributed by atoms with Gasteiger partial charge >= 0.3 is 5.97 Å². The van der Waals surface area contributed by atoms with Crippen LogP contribution in [0.25, 0.3) is 0 Å². The summed E-state index contributed by atoms with van der Waals surface area (Å²) in [6, 6.07) is 1.85. The smallest absolute Gasteiger partial charge is 0.350 e. The third kappa shape index (κ3) is 2.29. The zero-order valence-corrected chi connectivity index (χ0v) is 10.3. The van der Waals surface area contributed by atoms with Crippen LogP contribution in [0.3, 0.4) is 0 Å². The second-order valence-electron chi connectivity index (χ2n) is 4.18. The highest BCUT2D eigenvalue weighted by Gasteiger charge is 2.24. The molecule has 1 saturated carbocycles. The first kappa shape index (κ1) is 11.3. The molecule has 1 aromatic heterocycles. The Kier molecular flexibility index (Phi) is 3.05. The van der Waals surface area contributed by atoms with E-state index in [1.165, 1.54) is 31.3 Å². The number of anilines is 2. The molecule has 88 valence electrons. The molecule has 0 atom stereocenters. The lowest BCUT2D eigenvalue weighted by Gasteiger charge is -2.15. The van der Waals surface area contributed by atoms with Crippen molar-refractivity contribution in [2.45, 2.75) is 12.8 Å². The van der Waals surface area contributed by atoms with Crippen molar-refractivity contribution in [2.24, 2.45) is 5.92 Å². The molecule has 1 aliphatic rings. The Balaban J connectivity index is 2.12. The average Bonchev–Trinajstić information content (AvgIpc) is 2.98. The fourth-order valence-corrected chi connectivity index (χ4v) is 2.58. The highest BCUT2D eigenvalue weighted by atomic mass is 32.1. The van der Waals surface area contributed by atoms with E-state index in [-0.39, 0.29) is 5.97 Å². The summed E-state index contributed by atoms with van der Waals surface area (Å²) in [5, 5.41) is 1.03. The molecule has 2 rings (SSSR count). The predicted octanol–water partition coefficient (Wildman–Crippen LogP) is 1.96. The lowest BCUT2D eigenvalue weighted by molar-refractivity contribution is 0.0607. The van der Waals surface area contributed by atoms with Crippen LogP contribution in [0.5, 0.6) is 0 Å². The number of ether oxygens (including phenoxy) is 1. The van der Waals surface area contributed by atoms with E-state index in [1.54, 1.807) is 0 Å². The number of esters is 1. The number of carbonyl (C=O) groups excluding carboxylic acids is 1. The Bertz CT molecular complexity index is 399. The number of thiophene rings is 1. The lowest BCUT2D eigenvalue weighted by atomic mass is 10.3. The van der Waals surface area contributed by atoms with Gasteiger partial charge in [-0.05, 0) is 24.8 Å². The van der Waals surface area contributed by atoms with Gasteiger partial charge in [0.15, 0.2) is 0 Å². The van der Waals surface area contributed by atoms with E-state index in [0.29, 0.717) is 10.6 Å². The van der Waals surface area contributed by atoms with Gasteiger partial charge in [-0.1, -0.05) is 0 Å². The van der Waals surface area contributed by atoms with Crippen LogP contribution < -0.4 is 10.6 Å². The molecule has 0 aromatic carbocycles. The highest BCUT2D eigenvalue weighted by molar-refractivity contribution is 7.18. The van der Waals surface area contributed by atoms with E-state index in [4.69, 9.17) is 5.73 Å². The molecule has 0 unspecified atom stereocenters. The minimum Gasteiger partial charge on any atom is -0.465 e. The van der Waals surface area contributed by atoms with Crippen LogP contribution in [0.4, 0.5) is 10.7 Å². The van der Waals surface area contributed by atoms with Gasteiger partial charge in [-0.3, -0.25) is 0 Å². The normalized spacial score (nSPS) is 14.9. The van der Waals surface area contributed by atoms with Crippen LogP contribution in [-0.2, 0) is 4.74 Å². The van der Waals surface area contributed by atoms with Crippen molar-refractivity contribution < 1.29 is 9.53 Å². The van der Waals surface area contributed by atoms with Gasteiger partial charge < -0.3 is 15.4 Å². The minimum atomic E-state index is -0.353. The van der Waals surface area contributed by atoms with Crippen molar-refractivity contribution in [1.29, 1.82) is 0 Å². The monoisotopic (exact) mass is 240 g/mol. The molecule has 1 heterocycles. The van der Waals surface area contributed by atoms with Crippen molar-refractivity contribution in [1.82, 2.24) is 0 Å². The fourth-order valence-electron chi connectivity index (χ4n) is 1.61. The third-order valence-electron chi connectivity index (χ3n) is 2.72. The predicted molar refractivity (Wildman–Crippen MR) is 66.1 cm³/mol. The average molecular weight is 240 g/mol. The SMILES string of the molecule is COC(=O)c1sc(N(C)CC2CC2)cc1N. The molecule has 1 aliphatic carbocycles. The van der Waals surface area contributed by atoms with Gasteiger partial charge in [0.25, 0.3) is 0 Å². The highest BCUT2D eigenvalue weighted by Crippen LogP contribution is 2.35. The van der Waals surface area contributed by atoms with E-state index in [9.17, 15) is 4.79 Å². The number of rotatable bonds is 4. The maximum atomic E-state index is 11.4. The first-order valence-corrected chi connectivity index (χ1v) is 6.12. The van der Waals surface area contributed by atoms with Gasteiger partial charge in [0.1, 0.15) is 4.88 Å². The Hall–Kier alpha value is -1.23. The molecule has 0 aliphatic heterocycles. The molecule has 0 amide bonds. The second-order valence-corrected chi connectivity index (χ2v) is 5.22. The number of carbonyl (C=O) groups is 1. The molecule has 0 saturated heterocycles. The molecule has 5 heteroatoms. The van der Waals surface area contributed by atoms with E-state index < -0.39 is 0 Å². The number of nitrogen functional groups attached to an aromatic ring is 1. The van der Waals surface area contributed by atoms with Gasteiger partial charge in [0, 0.05) is 13.6 Å². The Morgan fingerprint density at radius 1 is 1.69 bits per heavy atom. The molecule has 4 nitrogen and oxygen atoms in total. The van der Waals surface area contributed by atoms with Crippen molar-refractivity contribution >= 4 is 28.0 Å². The van der Waals surface area contributed by atoms with Gasteiger partial charge in [-0.25, -0.2) is 4.79 Å². The molecule has 0 radical (unpaired) electrons. The van der Waals surface area contributed by atoms with Gasteiger partial charge in [-0.15, -0.1) is 11.3 Å². The molecular weight excluding hydrogens is 224 g/mol. The third-order valence-corrected chi connectivity index (χ3v) is 3.97. The molecule has 1 aromatic rings. The molecule has 0 bridgehead atoms. The van der Waals surface area contributed by atoms with E-state index in [1.807, 2.05) is 13.1 Å². The zero-order valence-electron chi connectivity index (χ0n) is 9.53. The van der Waals surface area contributed by atoms with E-state index >= 15 is 0 Å². The Morgan fingerprint density at radius 2 is 2.38 bits per heavy atom. The summed E-state index contributed by atoms with van der Waals surface area (Å²) in [5.74, 6) is 0.462. The van der Waals surface area contributed by atoms with Crippen molar-refractivity contribution in [2.75, 3.05) is 31.3 Å². The van der Waals surface area contributed by atoms with Crippen LogP contribution >= 0.6 is 11.3 Å².